The Hall–Kier alpha value is -1.79. The molecule has 1 aromatic rings. The maximum atomic E-state index is 12.6. The number of carbonyl (C=O) groups is 1. The van der Waals surface area contributed by atoms with E-state index in [0.717, 1.165) is 6.20 Å². The molecule has 17 heavy (non-hydrogen) atoms. The summed E-state index contributed by atoms with van der Waals surface area (Å²) < 4.78 is 45.2. The normalized spacial score (nSPS) is 12.4. The SMILES string of the molecule is COC(=O)c1cnc(OC(F)C(F)F)c(C)c1. The van der Waals surface area contributed by atoms with Crippen molar-refractivity contribution in [1.82, 2.24) is 4.98 Å². The van der Waals surface area contributed by atoms with E-state index in [1.54, 1.807) is 0 Å². The van der Waals surface area contributed by atoms with Gasteiger partial charge in [-0.15, -0.1) is 0 Å². The Morgan fingerprint density at radius 3 is 2.53 bits per heavy atom. The Morgan fingerprint density at radius 1 is 1.41 bits per heavy atom. The molecule has 94 valence electrons. The quantitative estimate of drug-likeness (QED) is 0.767. The molecule has 1 atom stereocenters. The van der Waals surface area contributed by atoms with Gasteiger partial charge < -0.3 is 9.47 Å². The molecule has 1 aromatic heterocycles. The number of aryl methyl sites for hydroxylation is 1. The van der Waals surface area contributed by atoms with Gasteiger partial charge in [-0.05, 0) is 13.0 Å². The molecule has 0 spiro atoms. The smallest absolute Gasteiger partial charge is 0.339 e. The predicted molar refractivity (Wildman–Crippen MR) is 51.8 cm³/mol. The van der Waals surface area contributed by atoms with Crippen molar-refractivity contribution in [3.63, 3.8) is 0 Å². The molecule has 0 amide bonds. The number of pyridine rings is 1. The molecule has 0 N–H and O–H groups in total. The molecular formula is C10H10F3NO3. The molecule has 0 fully saturated rings. The van der Waals surface area contributed by atoms with Gasteiger partial charge in [0.2, 0.25) is 5.88 Å². The molecule has 0 aromatic carbocycles. The van der Waals surface area contributed by atoms with Crippen molar-refractivity contribution in [3.05, 3.63) is 23.4 Å². The Morgan fingerprint density at radius 2 is 2.06 bits per heavy atom. The van der Waals surface area contributed by atoms with E-state index in [2.05, 4.69) is 14.5 Å². The van der Waals surface area contributed by atoms with Crippen molar-refractivity contribution >= 4 is 5.97 Å². The molecule has 4 nitrogen and oxygen atoms in total. The lowest BCUT2D eigenvalue weighted by Crippen LogP contribution is -2.20. The number of rotatable bonds is 4. The molecule has 0 bridgehead atoms. The van der Waals surface area contributed by atoms with Gasteiger partial charge >= 0.3 is 12.4 Å². The van der Waals surface area contributed by atoms with Gasteiger partial charge in [-0.25, -0.2) is 18.6 Å². The Labute approximate surface area is 95.4 Å². The zero-order valence-corrected chi connectivity index (χ0v) is 9.12. The van der Waals surface area contributed by atoms with Crippen LogP contribution < -0.4 is 4.74 Å². The molecule has 0 radical (unpaired) electrons. The van der Waals surface area contributed by atoms with E-state index in [1.807, 2.05) is 0 Å². The van der Waals surface area contributed by atoms with Crippen LogP contribution in [0.25, 0.3) is 0 Å². The van der Waals surface area contributed by atoms with Crippen LogP contribution in [0.5, 0.6) is 5.88 Å². The first-order valence-electron chi connectivity index (χ1n) is 4.59. The number of alkyl halides is 3. The largest absolute Gasteiger partial charge is 0.465 e. The zero-order chi connectivity index (χ0) is 13.0. The third-order valence-corrected chi connectivity index (χ3v) is 1.87. The summed E-state index contributed by atoms with van der Waals surface area (Å²) in [5.74, 6) is -0.914. The summed E-state index contributed by atoms with van der Waals surface area (Å²) in [4.78, 5) is 14.7. The topological polar surface area (TPSA) is 48.4 Å². The van der Waals surface area contributed by atoms with Crippen LogP contribution in [0.3, 0.4) is 0 Å². The predicted octanol–water partition coefficient (Wildman–Crippen LogP) is 2.12. The van der Waals surface area contributed by atoms with E-state index in [4.69, 9.17) is 0 Å². The second-order valence-corrected chi connectivity index (χ2v) is 3.14. The van der Waals surface area contributed by atoms with Crippen molar-refractivity contribution < 1.29 is 27.4 Å². The summed E-state index contributed by atoms with van der Waals surface area (Å²) in [6, 6.07) is 1.31. The molecule has 1 heterocycles. The number of carbonyl (C=O) groups excluding carboxylic acids is 1. The van der Waals surface area contributed by atoms with Crippen LogP contribution >= 0.6 is 0 Å². The Bertz CT molecular complexity index is 412. The van der Waals surface area contributed by atoms with Crippen molar-refractivity contribution in [3.8, 4) is 5.88 Å². The molecule has 0 aliphatic carbocycles. The van der Waals surface area contributed by atoms with Crippen LogP contribution in [0.2, 0.25) is 0 Å². The summed E-state index contributed by atoms with van der Waals surface area (Å²) in [5.41, 5.74) is 0.390. The van der Waals surface area contributed by atoms with Gasteiger partial charge in [-0.3, -0.25) is 0 Å². The lowest BCUT2D eigenvalue weighted by Gasteiger charge is -2.11. The molecular weight excluding hydrogens is 239 g/mol. The molecule has 1 rings (SSSR count). The lowest BCUT2D eigenvalue weighted by atomic mass is 10.2. The van der Waals surface area contributed by atoms with Gasteiger partial charge in [0.15, 0.2) is 0 Å². The number of hydrogen-bond acceptors (Lipinski definition) is 4. The van der Waals surface area contributed by atoms with Crippen LogP contribution in [0.1, 0.15) is 15.9 Å². The molecule has 0 aliphatic heterocycles. The monoisotopic (exact) mass is 249 g/mol. The fraction of sp³-hybridized carbons (Fsp3) is 0.400. The van der Waals surface area contributed by atoms with E-state index in [-0.39, 0.29) is 17.0 Å². The molecule has 1 unspecified atom stereocenters. The van der Waals surface area contributed by atoms with E-state index in [9.17, 15) is 18.0 Å². The fourth-order valence-corrected chi connectivity index (χ4v) is 1.07. The van der Waals surface area contributed by atoms with Crippen LogP contribution in [-0.2, 0) is 4.74 Å². The average molecular weight is 249 g/mol. The molecule has 7 heteroatoms. The minimum Gasteiger partial charge on any atom is -0.465 e. The number of halogens is 3. The minimum atomic E-state index is -3.25. The van der Waals surface area contributed by atoms with Crippen LogP contribution in [0, 0.1) is 6.92 Å². The van der Waals surface area contributed by atoms with Crippen molar-refractivity contribution in [2.75, 3.05) is 7.11 Å². The highest BCUT2D eigenvalue weighted by Gasteiger charge is 2.22. The van der Waals surface area contributed by atoms with Crippen LogP contribution in [0.4, 0.5) is 13.2 Å². The number of nitrogens with zero attached hydrogens (tertiary/aromatic N) is 1. The minimum absolute atomic E-state index is 0.129. The van der Waals surface area contributed by atoms with E-state index in [1.165, 1.54) is 20.1 Å². The van der Waals surface area contributed by atoms with Crippen molar-refractivity contribution in [2.24, 2.45) is 0 Å². The second kappa shape index (κ2) is 5.51. The van der Waals surface area contributed by atoms with Crippen LogP contribution in [0.15, 0.2) is 12.3 Å². The first-order chi connectivity index (χ1) is 7.95. The highest BCUT2D eigenvalue weighted by atomic mass is 19.3. The summed E-state index contributed by atoms with van der Waals surface area (Å²) in [5, 5.41) is 0. The van der Waals surface area contributed by atoms with Gasteiger partial charge in [0.05, 0.1) is 12.7 Å². The molecule has 0 saturated carbocycles. The van der Waals surface area contributed by atoms with Crippen LogP contribution in [-0.4, -0.2) is 30.8 Å². The zero-order valence-electron chi connectivity index (χ0n) is 9.12. The number of esters is 1. The highest BCUT2D eigenvalue weighted by Crippen LogP contribution is 2.19. The summed E-state index contributed by atoms with van der Waals surface area (Å²) >= 11 is 0. The second-order valence-electron chi connectivity index (χ2n) is 3.14. The van der Waals surface area contributed by atoms with E-state index >= 15 is 0 Å². The van der Waals surface area contributed by atoms with Gasteiger partial charge in [0, 0.05) is 11.8 Å². The standard InChI is InChI=1S/C10H10F3NO3/c1-5-3-6(10(15)16-2)4-14-9(5)17-8(13)7(11)12/h3-4,7-8H,1-2H3. The maximum absolute atomic E-state index is 12.6. The van der Waals surface area contributed by atoms with Gasteiger partial charge in [0.25, 0.3) is 6.36 Å². The lowest BCUT2D eigenvalue weighted by molar-refractivity contribution is -0.0693. The average Bonchev–Trinajstić information content (AvgIpc) is 2.30. The van der Waals surface area contributed by atoms with Gasteiger partial charge in [0.1, 0.15) is 0 Å². The maximum Gasteiger partial charge on any atom is 0.339 e. The summed E-state index contributed by atoms with van der Waals surface area (Å²) in [7, 11) is 1.19. The third kappa shape index (κ3) is 3.33. The van der Waals surface area contributed by atoms with Crippen molar-refractivity contribution in [1.29, 1.82) is 0 Å². The number of hydrogen-bond donors (Lipinski definition) is 0. The fourth-order valence-electron chi connectivity index (χ4n) is 1.07. The summed E-state index contributed by atoms with van der Waals surface area (Å²) in [6.07, 6.45) is -4.94. The number of aromatic nitrogens is 1. The van der Waals surface area contributed by atoms with Gasteiger partial charge in [-0.2, -0.15) is 4.39 Å². The summed E-state index contributed by atoms with van der Waals surface area (Å²) in [6.45, 7) is 1.45. The Balaban J connectivity index is 2.87. The Kier molecular flexibility index (Phi) is 4.30. The number of methoxy groups -OCH3 is 1. The first kappa shape index (κ1) is 13.3. The highest BCUT2D eigenvalue weighted by molar-refractivity contribution is 5.89. The van der Waals surface area contributed by atoms with E-state index < -0.39 is 18.8 Å². The first-order valence-corrected chi connectivity index (χ1v) is 4.59. The number of ether oxygens (including phenoxy) is 2. The molecule has 0 saturated heterocycles. The molecule has 0 aliphatic rings. The van der Waals surface area contributed by atoms with E-state index in [0.29, 0.717) is 0 Å². The third-order valence-electron chi connectivity index (χ3n) is 1.87. The van der Waals surface area contributed by atoms with Crippen molar-refractivity contribution in [2.45, 2.75) is 19.7 Å². The van der Waals surface area contributed by atoms with Gasteiger partial charge in [-0.1, -0.05) is 0 Å².